The number of amides is 1. The van der Waals surface area contributed by atoms with E-state index in [-0.39, 0.29) is 39.6 Å². The Labute approximate surface area is 201 Å². The Balaban J connectivity index is 1.46. The number of carbonyl (C=O) groups is 4. The molecule has 178 valence electrons. The van der Waals surface area contributed by atoms with Crippen LogP contribution < -0.4 is 10.0 Å². The predicted molar refractivity (Wildman–Crippen MR) is 128 cm³/mol. The first-order valence-corrected chi connectivity index (χ1v) is 12.3. The molecular formula is C25H20N2O7S. The van der Waals surface area contributed by atoms with Crippen LogP contribution in [0.4, 0.5) is 11.4 Å². The molecule has 1 amide bonds. The standard InChI is InChI=1S/C25H20N2O7S/c1-14(34-25(31)15-6-5-7-17(12-15)27-35(2,32)33)24(30)26-16-10-11-20-21(13-16)23(29)19-9-4-3-8-18(19)22(20)28/h3-14,27H,1-2H3,(H,26,30)/t14-/m1/s1. The molecule has 0 saturated carbocycles. The maximum Gasteiger partial charge on any atom is 0.338 e. The van der Waals surface area contributed by atoms with E-state index in [9.17, 15) is 27.6 Å². The number of esters is 1. The molecule has 3 aromatic carbocycles. The lowest BCUT2D eigenvalue weighted by Gasteiger charge is -2.19. The number of sulfonamides is 1. The van der Waals surface area contributed by atoms with E-state index in [4.69, 9.17) is 4.74 Å². The van der Waals surface area contributed by atoms with Crippen LogP contribution >= 0.6 is 0 Å². The average molecular weight is 493 g/mol. The minimum absolute atomic E-state index is 0.0508. The first-order chi connectivity index (χ1) is 16.5. The molecule has 2 N–H and O–H groups in total. The van der Waals surface area contributed by atoms with E-state index in [0.29, 0.717) is 11.1 Å². The maximum atomic E-state index is 12.9. The lowest BCUT2D eigenvalue weighted by Crippen LogP contribution is -2.30. The van der Waals surface area contributed by atoms with Crippen LogP contribution in [0.5, 0.6) is 0 Å². The van der Waals surface area contributed by atoms with Gasteiger partial charge in [0, 0.05) is 33.6 Å². The van der Waals surface area contributed by atoms with Gasteiger partial charge in [-0.3, -0.25) is 19.1 Å². The molecule has 0 radical (unpaired) electrons. The number of nitrogens with one attached hydrogen (secondary N) is 2. The van der Waals surface area contributed by atoms with Gasteiger partial charge in [-0.05, 0) is 43.3 Å². The number of hydrogen-bond donors (Lipinski definition) is 2. The fourth-order valence-electron chi connectivity index (χ4n) is 3.63. The molecule has 9 nitrogen and oxygen atoms in total. The van der Waals surface area contributed by atoms with Crippen LogP contribution in [0.1, 0.15) is 49.1 Å². The summed E-state index contributed by atoms with van der Waals surface area (Å²) in [6.45, 7) is 1.37. The molecule has 1 aliphatic rings. The molecule has 0 aliphatic heterocycles. The van der Waals surface area contributed by atoms with Crippen molar-refractivity contribution >= 4 is 44.8 Å². The van der Waals surface area contributed by atoms with Crippen molar-refractivity contribution in [3.63, 3.8) is 0 Å². The zero-order valence-corrected chi connectivity index (χ0v) is 19.5. The Hall–Kier alpha value is -4.31. The molecule has 10 heteroatoms. The van der Waals surface area contributed by atoms with Crippen LogP contribution in [0.15, 0.2) is 66.7 Å². The van der Waals surface area contributed by atoms with Crippen LogP contribution in [0.25, 0.3) is 0 Å². The highest BCUT2D eigenvalue weighted by molar-refractivity contribution is 7.92. The molecule has 0 spiro atoms. The van der Waals surface area contributed by atoms with Gasteiger partial charge in [0.15, 0.2) is 17.7 Å². The number of hydrogen-bond acceptors (Lipinski definition) is 7. The van der Waals surface area contributed by atoms with Gasteiger partial charge in [0.05, 0.1) is 11.8 Å². The SMILES string of the molecule is C[C@@H](OC(=O)c1cccc(NS(C)(=O)=O)c1)C(=O)Nc1ccc2c(c1)C(=O)c1ccccc1C2=O. The summed E-state index contributed by atoms with van der Waals surface area (Å²) in [4.78, 5) is 50.7. The highest BCUT2D eigenvalue weighted by Gasteiger charge is 2.30. The Bertz CT molecular complexity index is 1500. The largest absolute Gasteiger partial charge is 0.449 e. The quantitative estimate of drug-likeness (QED) is 0.395. The van der Waals surface area contributed by atoms with Crippen molar-refractivity contribution in [3.05, 3.63) is 94.5 Å². The van der Waals surface area contributed by atoms with E-state index in [0.717, 1.165) is 6.26 Å². The first kappa shape index (κ1) is 23.8. The molecule has 1 atom stereocenters. The van der Waals surface area contributed by atoms with E-state index in [1.165, 1.54) is 49.4 Å². The van der Waals surface area contributed by atoms with Gasteiger partial charge in [-0.2, -0.15) is 0 Å². The van der Waals surface area contributed by atoms with Crippen LogP contribution in [0.3, 0.4) is 0 Å². The number of anilines is 2. The number of ketones is 2. The van der Waals surface area contributed by atoms with Gasteiger partial charge < -0.3 is 10.1 Å². The van der Waals surface area contributed by atoms with Crippen LogP contribution in [-0.4, -0.2) is 44.2 Å². The van der Waals surface area contributed by atoms with Crippen LogP contribution in [0.2, 0.25) is 0 Å². The molecule has 0 saturated heterocycles. The van der Waals surface area contributed by atoms with Gasteiger partial charge in [-0.25, -0.2) is 13.2 Å². The molecule has 3 aromatic rings. The number of fused-ring (bicyclic) bond motifs is 2. The van der Waals surface area contributed by atoms with Gasteiger partial charge in [0.25, 0.3) is 5.91 Å². The second-order valence-corrected chi connectivity index (χ2v) is 9.70. The number of benzene rings is 3. The molecule has 0 heterocycles. The third kappa shape index (κ3) is 5.12. The molecule has 0 fully saturated rings. The monoisotopic (exact) mass is 492 g/mol. The van der Waals surface area contributed by atoms with Crippen molar-refractivity contribution in [2.45, 2.75) is 13.0 Å². The van der Waals surface area contributed by atoms with Crippen molar-refractivity contribution in [3.8, 4) is 0 Å². The summed E-state index contributed by atoms with van der Waals surface area (Å²) in [5.74, 6) is -2.08. The number of rotatable bonds is 6. The number of carbonyl (C=O) groups excluding carboxylic acids is 4. The lowest BCUT2D eigenvalue weighted by atomic mass is 9.84. The topological polar surface area (TPSA) is 136 Å². The Morgan fingerprint density at radius 1 is 0.800 bits per heavy atom. The fourth-order valence-corrected chi connectivity index (χ4v) is 4.18. The molecule has 0 unspecified atom stereocenters. The van der Waals surface area contributed by atoms with E-state index < -0.39 is 28.0 Å². The minimum atomic E-state index is -3.53. The van der Waals surface area contributed by atoms with Gasteiger partial charge in [0.1, 0.15) is 0 Å². The molecule has 4 rings (SSSR count). The van der Waals surface area contributed by atoms with E-state index >= 15 is 0 Å². The van der Waals surface area contributed by atoms with E-state index in [2.05, 4.69) is 10.0 Å². The third-order valence-electron chi connectivity index (χ3n) is 5.25. The van der Waals surface area contributed by atoms with Crippen molar-refractivity contribution in [2.75, 3.05) is 16.3 Å². The Morgan fingerprint density at radius 2 is 1.43 bits per heavy atom. The molecular weight excluding hydrogens is 472 g/mol. The highest BCUT2D eigenvalue weighted by Crippen LogP contribution is 2.29. The predicted octanol–water partition coefficient (Wildman–Crippen LogP) is 3.02. The Morgan fingerprint density at radius 3 is 2.09 bits per heavy atom. The van der Waals surface area contributed by atoms with E-state index in [1.54, 1.807) is 24.3 Å². The summed E-state index contributed by atoms with van der Waals surface area (Å²) in [6.07, 6.45) is -0.226. The summed E-state index contributed by atoms with van der Waals surface area (Å²) in [5.41, 5.74) is 1.53. The van der Waals surface area contributed by atoms with Crippen LogP contribution in [-0.2, 0) is 19.6 Å². The Kier molecular flexibility index (Phi) is 6.23. The minimum Gasteiger partial charge on any atom is -0.449 e. The zero-order valence-electron chi connectivity index (χ0n) is 18.7. The molecule has 0 bridgehead atoms. The van der Waals surface area contributed by atoms with Gasteiger partial charge in [-0.1, -0.05) is 30.3 Å². The highest BCUT2D eigenvalue weighted by atomic mass is 32.2. The maximum absolute atomic E-state index is 12.9. The molecule has 1 aliphatic carbocycles. The van der Waals surface area contributed by atoms with Gasteiger partial charge >= 0.3 is 5.97 Å². The smallest absolute Gasteiger partial charge is 0.338 e. The summed E-state index contributed by atoms with van der Waals surface area (Å²) < 4.78 is 30.2. The van der Waals surface area contributed by atoms with Gasteiger partial charge in [-0.15, -0.1) is 0 Å². The van der Waals surface area contributed by atoms with Crippen molar-refractivity contribution in [1.82, 2.24) is 0 Å². The van der Waals surface area contributed by atoms with E-state index in [1.807, 2.05) is 0 Å². The number of ether oxygens (including phenoxy) is 1. The zero-order chi connectivity index (χ0) is 25.3. The normalized spacial score (nSPS) is 13.3. The third-order valence-corrected chi connectivity index (χ3v) is 5.85. The second-order valence-electron chi connectivity index (χ2n) is 7.96. The summed E-state index contributed by atoms with van der Waals surface area (Å²) in [5, 5.41) is 2.58. The second kappa shape index (κ2) is 9.15. The molecule has 35 heavy (non-hydrogen) atoms. The first-order valence-electron chi connectivity index (χ1n) is 10.5. The van der Waals surface area contributed by atoms with Crippen molar-refractivity contribution < 1.29 is 32.3 Å². The molecule has 0 aromatic heterocycles. The van der Waals surface area contributed by atoms with Crippen molar-refractivity contribution in [2.24, 2.45) is 0 Å². The summed E-state index contributed by atoms with van der Waals surface area (Å²) >= 11 is 0. The van der Waals surface area contributed by atoms with Crippen LogP contribution in [0, 0.1) is 0 Å². The summed E-state index contributed by atoms with van der Waals surface area (Å²) in [7, 11) is -3.53. The fraction of sp³-hybridized carbons (Fsp3) is 0.120. The van der Waals surface area contributed by atoms with Gasteiger partial charge in [0.2, 0.25) is 10.0 Å². The average Bonchev–Trinajstić information content (AvgIpc) is 2.81. The lowest BCUT2D eigenvalue weighted by molar-refractivity contribution is -0.123. The summed E-state index contributed by atoms with van der Waals surface area (Å²) in [6, 6.07) is 16.5. The van der Waals surface area contributed by atoms with Crippen molar-refractivity contribution in [1.29, 1.82) is 0 Å².